The number of hydrogen-bond acceptors (Lipinski definition) is 3. The third-order valence-electron chi connectivity index (χ3n) is 4.58. The Morgan fingerprint density at radius 1 is 1.30 bits per heavy atom. The molecule has 0 bridgehead atoms. The van der Waals surface area contributed by atoms with Crippen molar-refractivity contribution >= 4 is 28.4 Å². The number of allylic oxidation sites excluding steroid dienone is 4. The van der Waals surface area contributed by atoms with E-state index < -0.39 is 0 Å². The minimum atomic E-state index is -0.243. The van der Waals surface area contributed by atoms with Crippen molar-refractivity contribution in [2.45, 2.75) is 39.5 Å². The zero-order valence-electron chi connectivity index (χ0n) is 13.5. The third-order valence-corrected chi connectivity index (χ3v) is 5.56. The normalized spacial score (nSPS) is 23.3. The predicted molar refractivity (Wildman–Crippen MR) is 98.4 cm³/mol. The molecule has 4 heteroatoms. The highest BCUT2D eigenvalue weighted by Gasteiger charge is 2.41. The lowest BCUT2D eigenvalue weighted by Crippen LogP contribution is -2.37. The molecule has 3 nitrogen and oxygen atoms in total. The van der Waals surface area contributed by atoms with E-state index in [0.717, 1.165) is 32.5 Å². The first-order valence-electron chi connectivity index (χ1n) is 7.72. The summed E-state index contributed by atoms with van der Waals surface area (Å²) in [6, 6.07) is 10.3. The van der Waals surface area contributed by atoms with E-state index in [-0.39, 0.29) is 17.1 Å². The number of nitrogens with one attached hydrogen (secondary N) is 1. The number of hydrogen-bond donors (Lipinski definition) is 1. The Morgan fingerprint density at radius 3 is 2.65 bits per heavy atom. The molecule has 1 aromatic carbocycles. The Kier molecular flexibility index (Phi) is 4.09. The van der Waals surface area contributed by atoms with Crippen LogP contribution >= 0.6 is 22.6 Å². The summed E-state index contributed by atoms with van der Waals surface area (Å²) in [5.41, 5.74) is 4.30. The lowest BCUT2D eigenvalue weighted by molar-refractivity contribution is -0.118. The first kappa shape index (κ1) is 16.3. The molecule has 118 valence electrons. The molecule has 0 spiro atoms. The summed E-state index contributed by atoms with van der Waals surface area (Å²) in [6.45, 7) is 6.17. The highest BCUT2D eigenvalue weighted by Crippen LogP contribution is 2.46. The van der Waals surface area contributed by atoms with E-state index in [2.05, 4.69) is 47.8 Å². The third kappa shape index (κ3) is 2.83. The second-order valence-electron chi connectivity index (χ2n) is 7.06. The van der Waals surface area contributed by atoms with Crippen LogP contribution < -0.4 is 5.32 Å². The molecule has 2 aliphatic rings. The van der Waals surface area contributed by atoms with Crippen molar-refractivity contribution in [1.29, 1.82) is 5.26 Å². The van der Waals surface area contributed by atoms with E-state index in [1.54, 1.807) is 0 Å². The lowest BCUT2D eigenvalue weighted by atomic mass is 9.69. The minimum absolute atomic E-state index is 0.0399. The molecule has 0 saturated heterocycles. The number of nitriles is 1. The van der Waals surface area contributed by atoms with Crippen molar-refractivity contribution in [2.75, 3.05) is 0 Å². The summed E-state index contributed by atoms with van der Waals surface area (Å²) >= 11 is 2.29. The van der Waals surface area contributed by atoms with E-state index in [1.807, 2.05) is 31.2 Å². The first-order chi connectivity index (χ1) is 10.8. The molecule has 3 rings (SSSR count). The van der Waals surface area contributed by atoms with Gasteiger partial charge in [-0.25, -0.2) is 0 Å². The van der Waals surface area contributed by atoms with Crippen LogP contribution in [0.3, 0.4) is 0 Å². The van der Waals surface area contributed by atoms with Crippen molar-refractivity contribution in [2.24, 2.45) is 5.41 Å². The number of halogens is 1. The van der Waals surface area contributed by atoms with Crippen LogP contribution in [0, 0.1) is 20.3 Å². The van der Waals surface area contributed by atoms with E-state index in [4.69, 9.17) is 0 Å². The Hall–Kier alpha value is -1.61. The van der Waals surface area contributed by atoms with Crippen molar-refractivity contribution in [3.8, 4) is 6.07 Å². The molecule has 1 heterocycles. The molecule has 0 unspecified atom stereocenters. The van der Waals surface area contributed by atoms with Gasteiger partial charge in [-0.15, -0.1) is 0 Å². The van der Waals surface area contributed by atoms with Gasteiger partial charge in [-0.3, -0.25) is 4.79 Å². The number of carbonyl (C=O) groups excluding carboxylic acids is 1. The largest absolute Gasteiger partial charge is 0.361 e. The highest BCUT2D eigenvalue weighted by atomic mass is 127. The van der Waals surface area contributed by atoms with Gasteiger partial charge in [0, 0.05) is 27.0 Å². The number of Topliss-reactive ketones (excluding diaryl/α,β-unsaturated/α-hetero) is 1. The molecule has 0 aromatic heterocycles. The maximum Gasteiger partial charge on any atom is 0.162 e. The van der Waals surface area contributed by atoms with Crippen LogP contribution in [0.2, 0.25) is 0 Å². The van der Waals surface area contributed by atoms with Gasteiger partial charge in [0.1, 0.15) is 0 Å². The van der Waals surface area contributed by atoms with Gasteiger partial charge in [-0.1, -0.05) is 32.0 Å². The van der Waals surface area contributed by atoms with Crippen LogP contribution in [-0.4, -0.2) is 5.78 Å². The topological polar surface area (TPSA) is 52.9 Å². The maximum atomic E-state index is 12.9. The molecule has 1 aromatic rings. The minimum Gasteiger partial charge on any atom is -0.361 e. The average Bonchev–Trinajstić information content (AvgIpc) is 2.45. The van der Waals surface area contributed by atoms with Gasteiger partial charge in [0.2, 0.25) is 0 Å². The van der Waals surface area contributed by atoms with Crippen LogP contribution in [0.1, 0.15) is 45.1 Å². The number of carbonyl (C=O) groups is 1. The Bertz CT molecular complexity index is 796. The number of ketones is 1. The summed E-state index contributed by atoms with van der Waals surface area (Å²) in [4.78, 5) is 12.9. The fourth-order valence-electron chi connectivity index (χ4n) is 3.60. The fourth-order valence-corrected chi connectivity index (χ4v) is 4.30. The average molecular weight is 418 g/mol. The van der Waals surface area contributed by atoms with E-state index in [0.29, 0.717) is 12.0 Å². The second kappa shape index (κ2) is 5.79. The SMILES string of the molecule is CC1=C(C#N)[C@H](c2ccccc2I)C2=C(CC(C)(C)CC2=O)N1. The molecular weight excluding hydrogens is 399 g/mol. The molecule has 1 atom stereocenters. The van der Waals surface area contributed by atoms with Crippen molar-refractivity contribution < 1.29 is 4.79 Å². The maximum absolute atomic E-state index is 12.9. The first-order valence-corrected chi connectivity index (χ1v) is 8.80. The van der Waals surface area contributed by atoms with Gasteiger partial charge >= 0.3 is 0 Å². The van der Waals surface area contributed by atoms with Gasteiger partial charge in [0.15, 0.2) is 5.78 Å². The predicted octanol–water partition coefficient (Wildman–Crippen LogP) is 4.42. The van der Waals surface area contributed by atoms with Gasteiger partial charge in [-0.2, -0.15) is 5.26 Å². The molecule has 1 N–H and O–H groups in total. The van der Waals surface area contributed by atoms with Crippen LogP contribution in [-0.2, 0) is 4.79 Å². The summed E-state index contributed by atoms with van der Waals surface area (Å²) in [5.74, 6) is -0.0818. The molecule has 0 saturated carbocycles. The molecule has 1 aliphatic heterocycles. The van der Waals surface area contributed by atoms with Gasteiger partial charge in [-0.05, 0) is 53.0 Å². The summed E-state index contributed by atoms with van der Waals surface area (Å²) < 4.78 is 1.09. The number of benzene rings is 1. The number of rotatable bonds is 1. The Balaban J connectivity index is 2.22. The van der Waals surface area contributed by atoms with Crippen molar-refractivity contribution in [3.63, 3.8) is 0 Å². The fraction of sp³-hybridized carbons (Fsp3) is 0.368. The lowest BCUT2D eigenvalue weighted by Gasteiger charge is -2.38. The quantitative estimate of drug-likeness (QED) is 0.688. The van der Waals surface area contributed by atoms with Crippen molar-refractivity contribution in [1.82, 2.24) is 5.32 Å². The van der Waals surface area contributed by atoms with Crippen LogP contribution in [0.5, 0.6) is 0 Å². The van der Waals surface area contributed by atoms with Crippen LogP contribution in [0.15, 0.2) is 46.8 Å². The molecule has 0 fully saturated rings. The number of dihydropyridines is 1. The zero-order valence-corrected chi connectivity index (χ0v) is 15.7. The number of nitrogens with zero attached hydrogens (tertiary/aromatic N) is 1. The van der Waals surface area contributed by atoms with Crippen LogP contribution in [0.4, 0.5) is 0 Å². The summed E-state index contributed by atoms with van der Waals surface area (Å²) in [7, 11) is 0. The Morgan fingerprint density at radius 2 is 2.00 bits per heavy atom. The highest BCUT2D eigenvalue weighted by molar-refractivity contribution is 14.1. The zero-order chi connectivity index (χ0) is 16.8. The smallest absolute Gasteiger partial charge is 0.162 e. The van der Waals surface area contributed by atoms with Gasteiger partial charge < -0.3 is 5.32 Å². The van der Waals surface area contributed by atoms with Crippen LogP contribution in [0.25, 0.3) is 0 Å². The van der Waals surface area contributed by atoms with E-state index in [9.17, 15) is 10.1 Å². The second-order valence-corrected chi connectivity index (χ2v) is 8.23. The Labute approximate surface area is 150 Å². The molecule has 0 amide bonds. The van der Waals surface area contributed by atoms with E-state index in [1.165, 1.54) is 0 Å². The van der Waals surface area contributed by atoms with Gasteiger partial charge in [0.05, 0.1) is 17.6 Å². The molecule has 0 radical (unpaired) electrons. The van der Waals surface area contributed by atoms with Crippen molar-refractivity contribution in [3.05, 3.63) is 55.9 Å². The standard InChI is InChI=1S/C19H19IN2O/c1-11-13(10-21)17(12-6-4-5-7-14(12)20)18-15(22-11)8-19(2,3)9-16(18)23/h4-7,17,22H,8-9H2,1-3H3/t17-/m0/s1. The summed E-state index contributed by atoms with van der Waals surface area (Å²) in [6.07, 6.45) is 1.37. The molecular formula is C19H19IN2O. The van der Waals surface area contributed by atoms with Gasteiger partial charge in [0.25, 0.3) is 0 Å². The van der Waals surface area contributed by atoms with E-state index >= 15 is 0 Å². The monoisotopic (exact) mass is 418 g/mol. The molecule has 23 heavy (non-hydrogen) atoms. The summed E-state index contributed by atoms with van der Waals surface area (Å²) in [5, 5.41) is 13.0. The molecule has 1 aliphatic carbocycles.